The molecule has 2 rings (SSSR count). The van der Waals surface area contributed by atoms with Crippen molar-refractivity contribution in [3.05, 3.63) is 58.6 Å². The summed E-state index contributed by atoms with van der Waals surface area (Å²) >= 11 is 3.34. The van der Waals surface area contributed by atoms with Gasteiger partial charge in [-0.05, 0) is 36.4 Å². The lowest BCUT2D eigenvalue weighted by Crippen LogP contribution is -2.24. The molecule has 0 aromatic heterocycles. The molecule has 0 spiro atoms. The first kappa shape index (κ1) is 15.1. The van der Waals surface area contributed by atoms with Gasteiger partial charge in [-0.1, -0.05) is 28.1 Å². The van der Waals surface area contributed by atoms with E-state index in [0.717, 1.165) is 10.2 Å². The molecule has 0 heterocycles. The van der Waals surface area contributed by atoms with E-state index in [1.807, 2.05) is 24.3 Å². The molecule has 0 bridgehead atoms. The summed E-state index contributed by atoms with van der Waals surface area (Å²) in [6, 6.07) is 14.1. The Morgan fingerprint density at radius 1 is 1.05 bits per heavy atom. The average molecular weight is 348 g/mol. The van der Waals surface area contributed by atoms with Crippen molar-refractivity contribution < 1.29 is 9.59 Å². The number of benzene rings is 2. The average Bonchev–Trinajstić information content (AvgIpc) is 2.47. The molecule has 0 saturated heterocycles. The van der Waals surface area contributed by atoms with Crippen LogP contribution in [0.3, 0.4) is 0 Å². The minimum Gasteiger partial charge on any atom is -0.376 e. The second-order valence-electron chi connectivity index (χ2n) is 4.32. The number of para-hydroxylation sites is 1. The van der Waals surface area contributed by atoms with Gasteiger partial charge < -0.3 is 16.4 Å². The molecule has 0 aliphatic carbocycles. The Morgan fingerprint density at radius 2 is 1.71 bits per heavy atom. The molecule has 0 aliphatic rings. The van der Waals surface area contributed by atoms with Gasteiger partial charge >= 0.3 is 0 Å². The van der Waals surface area contributed by atoms with Crippen molar-refractivity contribution in [3.8, 4) is 0 Å². The summed E-state index contributed by atoms with van der Waals surface area (Å²) in [5.41, 5.74) is 6.79. The third-order valence-electron chi connectivity index (χ3n) is 2.76. The molecule has 21 heavy (non-hydrogen) atoms. The molecule has 0 radical (unpaired) electrons. The van der Waals surface area contributed by atoms with Crippen LogP contribution in [-0.4, -0.2) is 18.4 Å². The highest BCUT2D eigenvalue weighted by Crippen LogP contribution is 2.15. The molecule has 5 nitrogen and oxygen atoms in total. The summed E-state index contributed by atoms with van der Waals surface area (Å²) in [6.45, 7) is 0.0920. The molecule has 0 aliphatic heterocycles. The van der Waals surface area contributed by atoms with Gasteiger partial charge in [0.25, 0.3) is 5.91 Å². The Balaban J connectivity index is 1.96. The van der Waals surface area contributed by atoms with E-state index in [2.05, 4.69) is 26.6 Å². The maximum absolute atomic E-state index is 11.9. The van der Waals surface area contributed by atoms with Crippen molar-refractivity contribution >= 4 is 39.1 Å². The Bertz CT molecular complexity index is 656. The van der Waals surface area contributed by atoms with Crippen molar-refractivity contribution in [1.29, 1.82) is 0 Å². The van der Waals surface area contributed by atoms with Crippen LogP contribution < -0.4 is 16.4 Å². The van der Waals surface area contributed by atoms with E-state index in [0.29, 0.717) is 5.69 Å². The van der Waals surface area contributed by atoms with Gasteiger partial charge in [-0.15, -0.1) is 0 Å². The minimum atomic E-state index is -0.577. The highest BCUT2D eigenvalue weighted by molar-refractivity contribution is 9.10. The highest BCUT2D eigenvalue weighted by Gasteiger charge is 2.09. The molecule has 0 saturated carbocycles. The summed E-state index contributed by atoms with van der Waals surface area (Å²) in [4.78, 5) is 23.2. The number of rotatable bonds is 5. The summed E-state index contributed by atoms with van der Waals surface area (Å²) in [6.07, 6.45) is 0. The molecule has 0 atom stereocenters. The molecule has 108 valence electrons. The lowest BCUT2D eigenvalue weighted by molar-refractivity contribution is -0.114. The van der Waals surface area contributed by atoms with Gasteiger partial charge in [0.2, 0.25) is 5.91 Å². The van der Waals surface area contributed by atoms with E-state index in [4.69, 9.17) is 5.73 Å². The molecule has 0 unspecified atom stereocenters. The van der Waals surface area contributed by atoms with Gasteiger partial charge in [-0.25, -0.2) is 0 Å². The number of nitrogens with two attached hydrogens (primary N) is 1. The largest absolute Gasteiger partial charge is 0.376 e. The van der Waals surface area contributed by atoms with Crippen molar-refractivity contribution in [2.45, 2.75) is 0 Å². The van der Waals surface area contributed by atoms with Crippen LogP contribution in [0.2, 0.25) is 0 Å². The third kappa shape index (κ3) is 4.32. The molecular weight excluding hydrogens is 334 g/mol. The number of nitrogens with one attached hydrogen (secondary N) is 2. The SMILES string of the molecule is NC(=O)c1ccccc1NC(=O)CNc1ccc(Br)cc1. The lowest BCUT2D eigenvalue weighted by atomic mass is 10.1. The van der Waals surface area contributed by atoms with E-state index >= 15 is 0 Å². The summed E-state index contributed by atoms with van der Waals surface area (Å²) in [5.74, 6) is -0.835. The van der Waals surface area contributed by atoms with Crippen molar-refractivity contribution in [2.75, 3.05) is 17.2 Å². The standard InChI is InChI=1S/C15H14BrN3O2/c16-10-5-7-11(8-6-10)18-9-14(20)19-13-4-2-1-3-12(13)15(17)21/h1-8,18H,9H2,(H2,17,21)(H,19,20). The maximum Gasteiger partial charge on any atom is 0.250 e. The van der Waals surface area contributed by atoms with E-state index < -0.39 is 5.91 Å². The zero-order valence-electron chi connectivity index (χ0n) is 11.1. The smallest absolute Gasteiger partial charge is 0.250 e. The number of hydrogen-bond donors (Lipinski definition) is 3. The first-order valence-electron chi connectivity index (χ1n) is 6.24. The second kappa shape index (κ2) is 6.90. The van der Waals surface area contributed by atoms with Gasteiger partial charge in [0, 0.05) is 10.2 Å². The molecule has 2 aromatic rings. The number of halogens is 1. The van der Waals surface area contributed by atoms with Crippen molar-refractivity contribution in [1.82, 2.24) is 0 Å². The zero-order chi connectivity index (χ0) is 15.2. The van der Waals surface area contributed by atoms with Gasteiger partial charge in [-0.3, -0.25) is 9.59 Å². The van der Waals surface area contributed by atoms with E-state index in [1.54, 1.807) is 24.3 Å². The van der Waals surface area contributed by atoms with Crippen molar-refractivity contribution in [3.63, 3.8) is 0 Å². The monoisotopic (exact) mass is 347 g/mol. The van der Waals surface area contributed by atoms with Crippen LogP contribution in [0.4, 0.5) is 11.4 Å². The quantitative estimate of drug-likeness (QED) is 0.777. The number of anilines is 2. The lowest BCUT2D eigenvalue weighted by Gasteiger charge is -2.10. The number of primary amides is 1. The van der Waals surface area contributed by atoms with Crippen LogP contribution in [0.5, 0.6) is 0 Å². The first-order chi connectivity index (χ1) is 10.1. The van der Waals surface area contributed by atoms with Crippen LogP contribution in [0.25, 0.3) is 0 Å². The zero-order valence-corrected chi connectivity index (χ0v) is 12.7. The minimum absolute atomic E-state index is 0.0920. The topological polar surface area (TPSA) is 84.2 Å². The summed E-state index contributed by atoms with van der Waals surface area (Å²) in [7, 11) is 0. The predicted octanol–water partition coefficient (Wildman–Crippen LogP) is 2.60. The molecule has 2 amide bonds. The summed E-state index contributed by atoms with van der Waals surface area (Å²) in [5, 5.41) is 5.65. The fraction of sp³-hybridized carbons (Fsp3) is 0.0667. The molecule has 0 fully saturated rings. The molecular formula is C15H14BrN3O2. The summed E-state index contributed by atoms with van der Waals surface area (Å²) < 4.78 is 0.966. The van der Waals surface area contributed by atoms with Gasteiger partial charge in [0.05, 0.1) is 17.8 Å². The van der Waals surface area contributed by atoms with Crippen LogP contribution >= 0.6 is 15.9 Å². The fourth-order valence-electron chi connectivity index (χ4n) is 1.75. The van der Waals surface area contributed by atoms with Crippen LogP contribution in [0.1, 0.15) is 10.4 Å². The molecule has 2 aromatic carbocycles. The van der Waals surface area contributed by atoms with Gasteiger partial charge in [0.15, 0.2) is 0 Å². The number of amides is 2. The molecule has 6 heteroatoms. The van der Waals surface area contributed by atoms with Crippen LogP contribution in [-0.2, 0) is 4.79 Å². The third-order valence-corrected chi connectivity index (χ3v) is 3.29. The Kier molecular flexibility index (Phi) is 4.94. The fourth-order valence-corrected chi connectivity index (χ4v) is 2.02. The maximum atomic E-state index is 11.9. The number of hydrogen-bond acceptors (Lipinski definition) is 3. The number of carbonyl (C=O) groups is 2. The normalized spacial score (nSPS) is 9.95. The Morgan fingerprint density at radius 3 is 2.38 bits per heavy atom. The predicted molar refractivity (Wildman–Crippen MR) is 86.2 cm³/mol. The van der Waals surface area contributed by atoms with Crippen LogP contribution in [0, 0.1) is 0 Å². The Hall–Kier alpha value is -2.34. The van der Waals surface area contributed by atoms with Gasteiger partial charge in [-0.2, -0.15) is 0 Å². The first-order valence-corrected chi connectivity index (χ1v) is 7.03. The van der Waals surface area contributed by atoms with Gasteiger partial charge in [0.1, 0.15) is 0 Å². The Labute approximate surface area is 130 Å². The van der Waals surface area contributed by atoms with E-state index in [-0.39, 0.29) is 18.0 Å². The van der Waals surface area contributed by atoms with Crippen LogP contribution in [0.15, 0.2) is 53.0 Å². The molecule has 4 N–H and O–H groups in total. The van der Waals surface area contributed by atoms with E-state index in [1.165, 1.54) is 0 Å². The number of carbonyl (C=O) groups excluding carboxylic acids is 2. The van der Waals surface area contributed by atoms with Crippen molar-refractivity contribution in [2.24, 2.45) is 5.73 Å². The van der Waals surface area contributed by atoms with E-state index in [9.17, 15) is 9.59 Å². The highest BCUT2D eigenvalue weighted by atomic mass is 79.9. The second-order valence-corrected chi connectivity index (χ2v) is 5.23.